The van der Waals surface area contributed by atoms with Gasteiger partial charge in [0.1, 0.15) is 0 Å². The van der Waals surface area contributed by atoms with Gasteiger partial charge in [0.15, 0.2) is 6.61 Å². The third-order valence-electron chi connectivity index (χ3n) is 2.95. The first kappa shape index (κ1) is 15.1. The van der Waals surface area contributed by atoms with Crippen LogP contribution in [0.5, 0.6) is 0 Å². The molecule has 18 heavy (non-hydrogen) atoms. The highest BCUT2D eigenvalue weighted by molar-refractivity contribution is 5.67. The van der Waals surface area contributed by atoms with E-state index < -0.39 is 18.9 Å². The van der Waals surface area contributed by atoms with Crippen LogP contribution >= 0.6 is 0 Å². The van der Waals surface area contributed by atoms with E-state index in [-0.39, 0.29) is 6.04 Å². The lowest BCUT2D eigenvalue weighted by Crippen LogP contribution is -2.47. The van der Waals surface area contributed by atoms with Gasteiger partial charge in [-0.25, -0.2) is 4.79 Å². The number of amides is 1. The fraction of sp³-hybridized carbons (Fsp3) is 0.909. The maximum absolute atomic E-state index is 11.8. The molecule has 0 atom stereocenters. The highest BCUT2D eigenvalue weighted by Gasteiger charge is 2.30. The number of carbonyl (C=O) groups excluding carboxylic acids is 1. The average molecular weight is 268 g/mol. The molecule has 4 nitrogen and oxygen atoms in total. The Hall–Kier alpha value is -0.980. The minimum atomic E-state index is -4.47. The summed E-state index contributed by atoms with van der Waals surface area (Å²) >= 11 is 0. The summed E-state index contributed by atoms with van der Waals surface area (Å²) in [7, 11) is 0. The first-order valence-corrected chi connectivity index (χ1v) is 6.02. The van der Waals surface area contributed by atoms with Crippen LogP contribution in [-0.2, 0) is 4.74 Å². The molecular weight excluding hydrogens is 249 g/mol. The molecular formula is C11H19F3N2O2. The molecule has 1 heterocycles. The molecule has 1 fully saturated rings. The van der Waals surface area contributed by atoms with Crippen molar-refractivity contribution >= 4 is 6.09 Å². The number of carbonyl (C=O) groups is 1. The number of nitrogens with zero attached hydrogens (tertiary/aromatic N) is 1. The minimum absolute atomic E-state index is 0.0965. The van der Waals surface area contributed by atoms with Gasteiger partial charge in [-0.1, -0.05) is 0 Å². The van der Waals surface area contributed by atoms with Crippen molar-refractivity contribution in [3.05, 3.63) is 0 Å². The van der Waals surface area contributed by atoms with Crippen LogP contribution in [0.4, 0.5) is 18.0 Å². The van der Waals surface area contributed by atoms with Gasteiger partial charge in [-0.05, 0) is 26.7 Å². The van der Waals surface area contributed by atoms with E-state index >= 15 is 0 Å². The predicted molar refractivity (Wildman–Crippen MR) is 60.3 cm³/mol. The number of rotatable bonds is 3. The number of halogens is 3. The Morgan fingerprint density at radius 1 is 1.39 bits per heavy atom. The predicted octanol–water partition coefficient (Wildman–Crippen LogP) is 2.15. The molecule has 0 aromatic rings. The molecule has 1 aliphatic heterocycles. The smallest absolute Gasteiger partial charge is 0.422 e. The van der Waals surface area contributed by atoms with Crippen molar-refractivity contribution in [2.24, 2.45) is 0 Å². The lowest BCUT2D eigenvalue weighted by molar-refractivity contribution is -0.160. The van der Waals surface area contributed by atoms with Crippen LogP contribution in [-0.4, -0.2) is 48.9 Å². The lowest BCUT2D eigenvalue weighted by Gasteiger charge is -2.34. The van der Waals surface area contributed by atoms with Crippen molar-refractivity contribution in [1.82, 2.24) is 10.2 Å². The molecule has 0 bridgehead atoms. The number of ether oxygens (including phenoxy) is 1. The Labute approximate surface area is 104 Å². The van der Waals surface area contributed by atoms with Crippen molar-refractivity contribution in [1.29, 1.82) is 0 Å². The Morgan fingerprint density at radius 3 is 2.39 bits per heavy atom. The monoisotopic (exact) mass is 268 g/mol. The van der Waals surface area contributed by atoms with E-state index in [1.165, 1.54) is 0 Å². The van der Waals surface area contributed by atoms with Gasteiger partial charge < -0.3 is 15.0 Å². The molecule has 106 valence electrons. The van der Waals surface area contributed by atoms with Crippen molar-refractivity contribution in [2.75, 3.05) is 19.7 Å². The molecule has 0 saturated carbocycles. The van der Waals surface area contributed by atoms with Crippen LogP contribution in [0.2, 0.25) is 0 Å². The third kappa shape index (κ3) is 5.57. The quantitative estimate of drug-likeness (QED) is 0.852. The topological polar surface area (TPSA) is 41.6 Å². The van der Waals surface area contributed by atoms with Crippen LogP contribution in [0.15, 0.2) is 0 Å². The number of alkyl halides is 3. The number of likely N-dealkylation sites (tertiary alicyclic amines) is 1. The van der Waals surface area contributed by atoms with Crippen molar-refractivity contribution in [3.63, 3.8) is 0 Å². The number of nitrogens with one attached hydrogen (secondary N) is 1. The summed E-state index contributed by atoms with van der Waals surface area (Å²) in [5.41, 5.74) is 0. The number of hydrogen-bond acceptors (Lipinski definition) is 3. The molecule has 0 aromatic carbocycles. The average Bonchev–Trinajstić information content (AvgIpc) is 2.26. The normalized spacial score (nSPS) is 19.0. The summed E-state index contributed by atoms with van der Waals surface area (Å²) in [5.74, 6) is 0. The first-order valence-electron chi connectivity index (χ1n) is 6.02. The van der Waals surface area contributed by atoms with Gasteiger partial charge in [-0.3, -0.25) is 0 Å². The van der Waals surface area contributed by atoms with Crippen LogP contribution < -0.4 is 5.32 Å². The molecule has 0 radical (unpaired) electrons. The van der Waals surface area contributed by atoms with Gasteiger partial charge in [0.2, 0.25) is 0 Å². The molecule has 0 aromatic heterocycles. The third-order valence-corrected chi connectivity index (χ3v) is 2.95. The van der Waals surface area contributed by atoms with E-state index in [2.05, 4.69) is 28.8 Å². The molecule has 1 aliphatic rings. The summed E-state index contributed by atoms with van der Waals surface area (Å²) in [4.78, 5) is 13.4. The molecule has 7 heteroatoms. The van der Waals surface area contributed by atoms with E-state index in [4.69, 9.17) is 0 Å². The Kier molecular flexibility index (Phi) is 5.25. The standard InChI is InChI=1S/C11H19F3N2O2/c1-8(2)16-5-3-9(4-6-16)15-10(17)18-7-11(12,13)14/h8-9H,3-7H2,1-2H3,(H,15,17). The number of hydrogen-bond donors (Lipinski definition) is 1. The summed E-state index contributed by atoms with van der Waals surface area (Å²) in [6.07, 6.45) is -3.99. The van der Waals surface area contributed by atoms with Gasteiger partial charge >= 0.3 is 12.3 Å². The highest BCUT2D eigenvalue weighted by Crippen LogP contribution is 2.15. The van der Waals surface area contributed by atoms with Crippen molar-refractivity contribution < 1.29 is 22.7 Å². The highest BCUT2D eigenvalue weighted by atomic mass is 19.4. The van der Waals surface area contributed by atoms with Gasteiger partial charge in [0, 0.05) is 25.2 Å². The SMILES string of the molecule is CC(C)N1CCC(NC(=O)OCC(F)(F)F)CC1. The maximum atomic E-state index is 11.8. The molecule has 1 rings (SSSR count). The summed E-state index contributed by atoms with van der Waals surface area (Å²) < 4.78 is 39.6. The van der Waals surface area contributed by atoms with Crippen molar-refractivity contribution in [2.45, 2.75) is 44.9 Å². The van der Waals surface area contributed by atoms with E-state index in [9.17, 15) is 18.0 Å². The van der Waals surface area contributed by atoms with E-state index in [0.29, 0.717) is 6.04 Å². The van der Waals surface area contributed by atoms with E-state index in [1.54, 1.807) is 0 Å². The van der Waals surface area contributed by atoms with Crippen LogP contribution in [0.25, 0.3) is 0 Å². The molecule has 1 N–H and O–H groups in total. The van der Waals surface area contributed by atoms with Gasteiger partial charge in [0.05, 0.1) is 0 Å². The molecule has 0 unspecified atom stereocenters. The molecule has 0 aliphatic carbocycles. The second-order valence-corrected chi connectivity index (χ2v) is 4.74. The molecule has 1 amide bonds. The van der Waals surface area contributed by atoms with Gasteiger partial charge in [-0.15, -0.1) is 0 Å². The zero-order valence-corrected chi connectivity index (χ0v) is 10.6. The van der Waals surface area contributed by atoms with Crippen LogP contribution in [0, 0.1) is 0 Å². The van der Waals surface area contributed by atoms with Gasteiger partial charge in [-0.2, -0.15) is 13.2 Å². The first-order chi connectivity index (χ1) is 8.28. The van der Waals surface area contributed by atoms with Crippen molar-refractivity contribution in [3.8, 4) is 0 Å². The summed E-state index contributed by atoms with van der Waals surface area (Å²) in [5, 5.41) is 2.46. The Morgan fingerprint density at radius 2 is 1.94 bits per heavy atom. The number of alkyl carbamates (subject to hydrolysis) is 1. The summed E-state index contributed by atoms with van der Waals surface area (Å²) in [6, 6.07) is 0.351. The van der Waals surface area contributed by atoms with Crippen LogP contribution in [0.3, 0.4) is 0 Å². The largest absolute Gasteiger partial charge is 0.440 e. The Bertz CT molecular complexity index is 274. The van der Waals surface area contributed by atoms with E-state index in [0.717, 1.165) is 25.9 Å². The number of piperidine rings is 1. The minimum Gasteiger partial charge on any atom is -0.440 e. The Balaban J connectivity index is 2.22. The molecule has 0 spiro atoms. The fourth-order valence-electron chi connectivity index (χ4n) is 1.92. The maximum Gasteiger partial charge on any atom is 0.422 e. The van der Waals surface area contributed by atoms with Gasteiger partial charge in [0.25, 0.3) is 0 Å². The summed E-state index contributed by atoms with van der Waals surface area (Å²) in [6.45, 7) is 4.31. The second kappa shape index (κ2) is 6.26. The second-order valence-electron chi connectivity index (χ2n) is 4.74. The van der Waals surface area contributed by atoms with Crippen LogP contribution in [0.1, 0.15) is 26.7 Å². The lowest BCUT2D eigenvalue weighted by atomic mass is 10.0. The van der Waals surface area contributed by atoms with E-state index in [1.807, 2.05) is 0 Å². The fourth-order valence-corrected chi connectivity index (χ4v) is 1.92. The zero-order chi connectivity index (χ0) is 13.8. The zero-order valence-electron chi connectivity index (χ0n) is 10.6. The molecule has 1 saturated heterocycles.